The molecule has 3 aliphatic carbocycles. The average molecular weight is 422 g/mol. The molecule has 5 fully saturated rings. The number of rotatable bonds is 4. The van der Waals surface area contributed by atoms with Gasteiger partial charge in [0.2, 0.25) is 0 Å². The lowest BCUT2D eigenvalue weighted by molar-refractivity contribution is -0.103. The van der Waals surface area contributed by atoms with Crippen LogP contribution in [0.5, 0.6) is 0 Å². The number of carbonyl (C=O) groups excluding carboxylic acids is 2. The minimum Gasteiger partial charge on any atom is -0.350 e. The highest BCUT2D eigenvalue weighted by molar-refractivity contribution is 5.96. The van der Waals surface area contributed by atoms with Crippen LogP contribution in [0.25, 0.3) is 5.65 Å². The predicted molar refractivity (Wildman–Crippen MR) is 117 cm³/mol. The van der Waals surface area contributed by atoms with Crippen LogP contribution in [-0.4, -0.2) is 57.8 Å². The first-order valence-corrected chi connectivity index (χ1v) is 11.7. The first-order valence-electron chi connectivity index (χ1n) is 11.7. The maximum Gasteiger partial charge on any atom is 0.274 e. The van der Waals surface area contributed by atoms with Gasteiger partial charge in [-0.05, 0) is 61.0 Å². The van der Waals surface area contributed by atoms with Crippen molar-refractivity contribution in [2.75, 3.05) is 19.6 Å². The molecule has 2 aromatic heterocycles. The minimum absolute atomic E-state index is 0.0342. The van der Waals surface area contributed by atoms with Crippen LogP contribution in [0.1, 0.15) is 60.5 Å². The largest absolute Gasteiger partial charge is 0.350 e. The van der Waals surface area contributed by atoms with E-state index in [0.717, 1.165) is 32.0 Å². The molecule has 4 heterocycles. The van der Waals surface area contributed by atoms with Gasteiger partial charge >= 0.3 is 0 Å². The van der Waals surface area contributed by atoms with Crippen molar-refractivity contribution >= 4 is 17.5 Å². The molecule has 7 heteroatoms. The van der Waals surface area contributed by atoms with Crippen molar-refractivity contribution in [1.82, 2.24) is 24.9 Å². The third kappa shape index (κ3) is 2.93. The second-order valence-corrected chi connectivity index (χ2v) is 10.6. The molecule has 164 valence electrons. The minimum atomic E-state index is -0.0920. The number of amides is 2. The highest BCUT2D eigenvalue weighted by Crippen LogP contribution is 2.61. The van der Waals surface area contributed by atoms with E-state index in [1.165, 1.54) is 19.3 Å². The number of pyridine rings is 1. The van der Waals surface area contributed by atoms with Crippen molar-refractivity contribution in [2.45, 2.75) is 51.6 Å². The Kier molecular flexibility index (Phi) is 4.23. The number of carbonyl (C=O) groups is 2. The summed E-state index contributed by atoms with van der Waals surface area (Å²) in [6.07, 6.45) is 6.54. The van der Waals surface area contributed by atoms with Gasteiger partial charge in [0.15, 0.2) is 0 Å². The van der Waals surface area contributed by atoms with Gasteiger partial charge in [0, 0.05) is 37.9 Å². The van der Waals surface area contributed by atoms with Gasteiger partial charge in [0.1, 0.15) is 17.0 Å². The van der Waals surface area contributed by atoms with E-state index in [-0.39, 0.29) is 17.9 Å². The fourth-order valence-corrected chi connectivity index (χ4v) is 6.78. The molecular formula is C24H31N5O2. The van der Waals surface area contributed by atoms with Crippen molar-refractivity contribution in [3.05, 3.63) is 35.8 Å². The average Bonchev–Trinajstić information content (AvgIpc) is 3.51. The number of aromatic nitrogens is 2. The Morgan fingerprint density at radius 2 is 2.13 bits per heavy atom. The summed E-state index contributed by atoms with van der Waals surface area (Å²) in [6.45, 7) is 7.08. The molecule has 31 heavy (non-hydrogen) atoms. The zero-order valence-corrected chi connectivity index (χ0v) is 18.3. The fraction of sp³-hybridized carbons (Fsp3) is 0.625. The lowest BCUT2D eigenvalue weighted by atomic mass is 9.45. The highest BCUT2D eigenvalue weighted by atomic mass is 16.2. The second-order valence-electron chi connectivity index (χ2n) is 10.6. The van der Waals surface area contributed by atoms with Crippen molar-refractivity contribution in [1.29, 1.82) is 0 Å². The Labute approximate surface area is 182 Å². The molecule has 2 aromatic rings. The molecule has 3 saturated carbocycles. The van der Waals surface area contributed by atoms with Gasteiger partial charge in [-0.1, -0.05) is 19.9 Å². The number of nitrogens with zero attached hydrogens (tertiary/aromatic N) is 3. The molecule has 0 radical (unpaired) electrons. The molecular weight excluding hydrogens is 390 g/mol. The van der Waals surface area contributed by atoms with Crippen molar-refractivity contribution in [2.24, 2.45) is 23.2 Å². The number of hydrogen-bond acceptors (Lipinski definition) is 4. The Morgan fingerprint density at radius 1 is 1.26 bits per heavy atom. The smallest absolute Gasteiger partial charge is 0.274 e. The normalized spacial score (nSPS) is 32.8. The molecule has 4 bridgehead atoms. The summed E-state index contributed by atoms with van der Waals surface area (Å²) in [7, 11) is 0. The number of imidazole rings is 1. The van der Waals surface area contributed by atoms with Crippen molar-refractivity contribution in [3.63, 3.8) is 0 Å². The standard InChI is InChI=1S/C24H31N5O2/c1-24(2)15-7-6-14(18(24)8-15)10-26-22(30)20-4-3-5-21-27-19(13-29(20)21)23(31)28-12-16-9-17(28)11-25-16/h3-5,13-18,25H,6-12H2,1-2H3,(H,26,30)/t14-,15-,16-,17+,18-/m0/s1. The Hall–Kier alpha value is -2.41. The van der Waals surface area contributed by atoms with Crippen molar-refractivity contribution < 1.29 is 9.59 Å². The van der Waals surface area contributed by atoms with Crippen molar-refractivity contribution in [3.8, 4) is 0 Å². The first kappa shape index (κ1) is 19.3. The Balaban J connectivity index is 1.19. The number of piperazine rings is 1. The summed E-state index contributed by atoms with van der Waals surface area (Å²) in [6, 6.07) is 6.17. The summed E-state index contributed by atoms with van der Waals surface area (Å²) in [5.41, 5.74) is 2.01. The molecule has 0 aromatic carbocycles. The van der Waals surface area contributed by atoms with Crippen LogP contribution < -0.4 is 10.6 Å². The van der Waals surface area contributed by atoms with Gasteiger partial charge in [-0.25, -0.2) is 4.98 Å². The number of likely N-dealkylation sites (tertiary alicyclic amines) is 1. The van der Waals surface area contributed by atoms with Crippen LogP contribution in [0.15, 0.2) is 24.4 Å². The summed E-state index contributed by atoms with van der Waals surface area (Å²) in [5.74, 6) is 2.01. The summed E-state index contributed by atoms with van der Waals surface area (Å²) < 4.78 is 1.76. The van der Waals surface area contributed by atoms with Crippen LogP contribution in [0.3, 0.4) is 0 Å². The molecule has 7 nitrogen and oxygen atoms in total. The fourth-order valence-electron chi connectivity index (χ4n) is 6.78. The topological polar surface area (TPSA) is 78.7 Å². The van der Waals surface area contributed by atoms with Gasteiger partial charge in [-0.15, -0.1) is 0 Å². The third-order valence-electron chi connectivity index (χ3n) is 8.79. The van der Waals surface area contributed by atoms with Crippen LogP contribution in [0, 0.1) is 23.2 Å². The zero-order valence-electron chi connectivity index (χ0n) is 18.3. The van der Waals surface area contributed by atoms with E-state index in [1.807, 2.05) is 23.1 Å². The predicted octanol–water partition coefficient (Wildman–Crippen LogP) is 2.32. The third-order valence-corrected chi connectivity index (χ3v) is 8.79. The van der Waals surface area contributed by atoms with Gasteiger partial charge in [0.25, 0.3) is 11.8 Å². The van der Waals surface area contributed by atoms with E-state index in [4.69, 9.17) is 0 Å². The van der Waals surface area contributed by atoms with E-state index in [2.05, 4.69) is 29.5 Å². The maximum atomic E-state index is 13.1. The molecule has 5 atom stereocenters. The van der Waals surface area contributed by atoms with E-state index < -0.39 is 0 Å². The van der Waals surface area contributed by atoms with Gasteiger partial charge < -0.3 is 15.5 Å². The maximum absolute atomic E-state index is 13.1. The summed E-state index contributed by atoms with van der Waals surface area (Å²) in [5, 5.41) is 6.60. The van der Waals surface area contributed by atoms with E-state index in [0.29, 0.717) is 40.3 Å². The molecule has 5 aliphatic rings. The zero-order chi connectivity index (χ0) is 21.3. The SMILES string of the molecule is CC1(C)[C@H]2CC[C@@H](CNC(=O)c3cccc4nc(C(=O)N5C[C@@H]6C[C@@H]5CN6)cn34)[C@@H]1C2. The van der Waals surface area contributed by atoms with Crippen LogP contribution in [0.4, 0.5) is 0 Å². The highest BCUT2D eigenvalue weighted by Gasteiger charge is 2.54. The van der Waals surface area contributed by atoms with Gasteiger partial charge in [-0.2, -0.15) is 0 Å². The number of hydrogen-bond donors (Lipinski definition) is 2. The molecule has 0 spiro atoms. The Morgan fingerprint density at radius 3 is 2.84 bits per heavy atom. The molecule has 2 N–H and O–H groups in total. The lowest BCUT2D eigenvalue weighted by Crippen LogP contribution is -2.54. The molecule has 0 unspecified atom stereocenters. The quantitative estimate of drug-likeness (QED) is 0.794. The van der Waals surface area contributed by atoms with E-state index in [1.54, 1.807) is 10.6 Å². The lowest BCUT2D eigenvalue weighted by Gasteiger charge is -2.60. The number of nitrogens with one attached hydrogen (secondary N) is 2. The van der Waals surface area contributed by atoms with Gasteiger partial charge in [0.05, 0.1) is 0 Å². The molecule has 2 aliphatic heterocycles. The monoisotopic (exact) mass is 421 g/mol. The molecule has 7 rings (SSSR count). The van der Waals surface area contributed by atoms with E-state index in [9.17, 15) is 9.59 Å². The van der Waals surface area contributed by atoms with E-state index >= 15 is 0 Å². The van der Waals surface area contributed by atoms with Crippen LogP contribution in [0.2, 0.25) is 0 Å². The second kappa shape index (κ2) is 6.79. The van der Waals surface area contributed by atoms with Crippen LogP contribution >= 0.6 is 0 Å². The molecule has 2 saturated heterocycles. The summed E-state index contributed by atoms with van der Waals surface area (Å²) in [4.78, 5) is 32.6. The van der Waals surface area contributed by atoms with Crippen LogP contribution in [-0.2, 0) is 0 Å². The first-order chi connectivity index (χ1) is 14.9. The Bertz CT molecular complexity index is 1060. The number of fused-ring (bicyclic) bond motifs is 5. The summed E-state index contributed by atoms with van der Waals surface area (Å²) >= 11 is 0. The molecule has 2 amide bonds. The van der Waals surface area contributed by atoms with Gasteiger partial charge in [-0.3, -0.25) is 14.0 Å².